The van der Waals surface area contributed by atoms with Crippen LogP contribution in [0.2, 0.25) is 0 Å². The molecule has 24 heavy (non-hydrogen) atoms. The number of nitrogens with zero attached hydrogens (tertiary/aromatic N) is 4. The van der Waals surface area contributed by atoms with E-state index in [9.17, 15) is 4.79 Å². The number of likely N-dealkylation sites (N-methyl/N-ethyl adjacent to an activating group) is 1. The normalized spacial score (nSPS) is 18.3. The summed E-state index contributed by atoms with van der Waals surface area (Å²) in [5.41, 5.74) is 0. The monoisotopic (exact) mass is 346 g/mol. The van der Waals surface area contributed by atoms with Gasteiger partial charge in [-0.25, -0.2) is 4.98 Å². The zero-order valence-electron chi connectivity index (χ0n) is 14.7. The lowest BCUT2D eigenvalue weighted by Gasteiger charge is -2.32. The standard InChI is InChI=1S/C18H26N4OS/c1-14-6-7-16(24-14)18(23)22-9-4-5-15(13-22)17-19-8-10-21(17)12-11-20(2)3/h6-8,10,15H,4-5,9,11-13H2,1-3H3/t15-/m0/s1. The third kappa shape index (κ3) is 3.87. The molecule has 1 fully saturated rings. The highest BCUT2D eigenvalue weighted by atomic mass is 32.1. The van der Waals surface area contributed by atoms with Crippen molar-refractivity contribution in [1.82, 2.24) is 19.4 Å². The Bertz CT molecular complexity index is 691. The molecule has 1 atom stereocenters. The molecular weight excluding hydrogens is 320 g/mol. The Morgan fingerprint density at radius 1 is 1.42 bits per heavy atom. The molecule has 6 heteroatoms. The SMILES string of the molecule is Cc1ccc(C(=O)N2CCC[C@H](c3nccn3CCN(C)C)C2)s1. The second-order valence-corrected chi connectivity index (χ2v) is 8.07. The van der Waals surface area contributed by atoms with E-state index in [0.29, 0.717) is 5.92 Å². The average molecular weight is 347 g/mol. The van der Waals surface area contributed by atoms with Crippen LogP contribution >= 0.6 is 11.3 Å². The molecule has 0 aliphatic carbocycles. The van der Waals surface area contributed by atoms with Crippen LogP contribution in [-0.2, 0) is 6.54 Å². The van der Waals surface area contributed by atoms with Gasteiger partial charge in [-0.15, -0.1) is 11.3 Å². The molecule has 1 saturated heterocycles. The van der Waals surface area contributed by atoms with Gasteiger partial charge in [0.25, 0.3) is 5.91 Å². The summed E-state index contributed by atoms with van der Waals surface area (Å²) in [6.45, 7) is 5.60. The fourth-order valence-electron chi connectivity index (χ4n) is 3.26. The number of amides is 1. The number of hydrogen-bond acceptors (Lipinski definition) is 4. The number of piperidine rings is 1. The van der Waals surface area contributed by atoms with E-state index in [1.165, 1.54) is 4.88 Å². The van der Waals surface area contributed by atoms with E-state index in [-0.39, 0.29) is 5.91 Å². The Labute approximate surface area is 147 Å². The van der Waals surface area contributed by atoms with E-state index < -0.39 is 0 Å². The zero-order valence-corrected chi connectivity index (χ0v) is 15.6. The quantitative estimate of drug-likeness (QED) is 0.836. The lowest BCUT2D eigenvalue weighted by Crippen LogP contribution is -2.39. The second-order valence-electron chi connectivity index (χ2n) is 6.78. The fourth-order valence-corrected chi connectivity index (χ4v) is 4.09. The van der Waals surface area contributed by atoms with Crippen LogP contribution in [0.1, 0.15) is 39.1 Å². The fraction of sp³-hybridized carbons (Fsp3) is 0.556. The van der Waals surface area contributed by atoms with E-state index in [2.05, 4.69) is 34.7 Å². The summed E-state index contributed by atoms with van der Waals surface area (Å²) in [4.78, 5) is 23.5. The molecule has 2 aromatic rings. The molecule has 2 aromatic heterocycles. The van der Waals surface area contributed by atoms with Crippen molar-refractivity contribution in [1.29, 1.82) is 0 Å². The van der Waals surface area contributed by atoms with Crippen molar-refractivity contribution in [3.05, 3.63) is 40.1 Å². The first-order valence-electron chi connectivity index (χ1n) is 8.56. The molecule has 3 heterocycles. The highest BCUT2D eigenvalue weighted by molar-refractivity contribution is 7.13. The number of thiophene rings is 1. The third-order valence-corrected chi connectivity index (χ3v) is 5.55. The van der Waals surface area contributed by atoms with E-state index >= 15 is 0 Å². The lowest BCUT2D eigenvalue weighted by molar-refractivity contribution is 0.0708. The van der Waals surface area contributed by atoms with Crippen LogP contribution in [0.25, 0.3) is 0 Å². The number of carbonyl (C=O) groups is 1. The maximum Gasteiger partial charge on any atom is 0.263 e. The minimum Gasteiger partial charge on any atom is -0.337 e. The van der Waals surface area contributed by atoms with Gasteiger partial charge in [0.2, 0.25) is 0 Å². The Balaban J connectivity index is 1.70. The van der Waals surface area contributed by atoms with E-state index in [0.717, 1.165) is 49.7 Å². The predicted octanol–water partition coefficient (Wildman–Crippen LogP) is 2.83. The predicted molar refractivity (Wildman–Crippen MR) is 97.7 cm³/mol. The number of imidazole rings is 1. The van der Waals surface area contributed by atoms with Crippen LogP contribution in [-0.4, -0.2) is 59.0 Å². The van der Waals surface area contributed by atoms with Crippen LogP contribution in [0.4, 0.5) is 0 Å². The van der Waals surface area contributed by atoms with Crippen LogP contribution in [0.15, 0.2) is 24.5 Å². The molecule has 0 bridgehead atoms. The number of aromatic nitrogens is 2. The number of likely N-dealkylation sites (tertiary alicyclic amines) is 1. The number of hydrogen-bond donors (Lipinski definition) is 0. The first kappa shape index (κ1) is 17.2. The summed E-state index contributed by atoms with van der Waals surface area (Å²) < 4.78 is 2.24. The molecule has 0 N–H and O–H groups in total. The third-order valence-electron chi connectivity index (χ3n) is 4.56. The van der Waals surface area contributed by atoms with Gasteiger partial charge in [0.15, 0.2) is 0 Å². The highest BCUT2D eigenvalue weighted by Crippen LogP contribution is 2.28. The van der Waals surface area contributed by atoms with Crippen LogP contribution in [0.5, 0.6) is 0 Å². The molecule has 0 aromatic carbocycles. The number of aryl methyl sites for hydroxylation is 1. The van der Waals surface area contributed by atoms with Crippen LogP contribution < -0.4 is 0 Å². The zero-order chi connectivity index (χ0) is 17.1. The summed E-state index contributed by atoms with van der Waals surface area (Å²) in [5, 5.41) is 0. The van der Waals surface area contributed by atoms with Crippen molar-refractivity contribution in [2.24, 2.45) is 0 Å². The van der Waals surface area contributed by atoms with Gasteiger partial charge in [0, 0.05) is 49.4 Å². The molecule has 130 valence electrons. The van der Waals surface area contributed by atoms with Gasteiger partial charge >= 0.3 is 0 Å². The maximum absolute atomic E-state index is 12.7. The molecule has 0 radical (unpaired) electrons. The van der Waals surface area contributed by atoms with Crippen molar-refractivity contribution in [2.75, 3.05) is 33.7 Å². The molecule has 1 amide bonds. The van der Waals surface area contributed by atoms with Gasteiger partial charge in [-0.2, -0.15) is 0 Å². The number of rotatable bonds is 5. The smallest absolute Gasteiger partial charge is 0.263 e. The van der Waals surface area contributed by atoms with Gasteiger partial charge in [-0.05, 0) is 46.0 Å². The molecule has 0 saturated carbocycles. The van der Waals surface area contributed by atoms with Crippen molar-refractivity contribution >= 4 is 17.2 Å². The summed E-state index contributed by atoms with van der Waals surface area (Å²) in [5.74, 6) is 1.63. The van der Waals surface area contributed by atoms with E-state index in [4.69, 9.17) is 0 Å². The van der Waals surface area contributed by atoms with Crippen LogP contribution in [0.3, 0.4) is 0 Å². The van der Waals surface area contributed by atoms with Gasteiger partial charge in [0.1, 0.15) is 5.82 Å². The Hall–Kier alpha value is -1.66. The molecule has 0 spiro atoms. The van der Waals surface area contributed by atoms with Crippen molar-refractivity contribution in [2.45, 2.75) is 32.2 Å². The van der Waals surface area contributed by atoms with Crippen molar-refractivity contribution in [3.8, 4) is 0 Å². The molecule has 3 rings (SSSR count). The molecular formula is C18H26N4OS. The Morgan fingerprint density at radius 2 is 2.25 bits per heavy atom. The van der Waals surface area contributed by atoms with E-state index in [1.807, 2.05) is 30.2 Å². The Kier molecular flexibility index (Phi) is 5.36. The first-order valence-corrected chi connectivity index (χ1v) is 9.37. The summed E-state index contributed by atoms with van der Waals surface area (Å²) in [6.07, 6.45) is 6.09. The largest absolute Gasteiger partial charge is 0.337 e. The minimum absolute atomic E-state index is 0.171. The molecule has 0 unspecified atom stereocenters. The van der Waals surface area contributed by atoms with Crippen molar-refractivity contribution < 1.29 is 4.79 Å². The Morgan fingerprint density at radius 3 is 2.96 bits per heavy atom. The first-order chi connectivity index (χ1) is 11.5. The summed E-state index contributed by atoms with van der Waals surface area (Å²) in [7, 11) is 4.17. The molecule has 1 aliphatic rings. The average Bonchev–Trinajstić information content (AvgIpc) is 3.21. The maximum atomic E-state index is 12.7. The molecule has 5 nitrogen and oxygen atoms in total. The van der Waals surface area contributed by atoms with Gasteiger partial charge in [-0.1, -0.05) is 0 Å². The lowest BCUT2D eigenvalue weighted by atomic mass is 9.97. The number of carbonyl (C=O) groups excluding carboxylic acids is 1. The topological polar surface area (TPSA) is 41.4 Å². The summed E-state index contributed by atoms with van der Waals surface area (Å²) in [6, 6.07) is 3.97. The minimum atomic E-state index is 0.171. The van der Waals surface area contributed by atoms with Gasteiger partial charge < -0.3 is 14.4 Å². The van der Waals surface area contributed by atoms with Crippen molar-refractivity contribution in [3.63, 3.8) is 0 Å². The van der Waals surface area contributed by atoms with Gasteiger partial charge in [0.05, 0.1) is 4.88 Å². The van der Waals surface area contributed by atoms with Gasteiger partial charge in [-0.3, -0.25) is 4.79 Å². The van der Waals surface area contributed by atoms with Crippen LogP contribution in [0, 0.1) is 6.92 Å². The van der Waals surface area contributed by atoms with E-state index in [1.54, 1.807) is 11.3 Å². The highest BCUT2D eigenvalue weighted by Gasteiger charge is 2.28. The second kappa shape index (κ2) is 7.49. The molecule has 1 aliphatic heterocycles. The summed E-state index contributed by atoms with van der Waals surface area (Å²) >= 11 is 1.59.